The van der Waals surface area contributed by atoms with Crippen molar-refractivity contribution in [1.29, 1.82) is 0 Å². The second-order valence-corrected chi connectivity index (χ2v) is 3.36. The van der Waals surface area contributed by atoms with Crippen molar-refractivity contribution >= 4 is 0 Å². The molecular weight excluding hydrogens is 160 g/mol. The molecule has 0 bridgehead atoms. The fourth-order valence-electron chi connectivity index (χ4n) is 0.902. The van der Waals surface area contributed by atoms with E-state index in [9.17, 15) is 0 Å². The number of hydrogen-bond acceptors (Lipinski definition) is 4. The predicted octanol–water partition coefficient (Wildman–Crippen LogP) is -0.889. The molecule has 0 aromatic rings. The number of rotatable bonds is 6. The van der Waals surface area contributed by atoms with Gasteiger partial charge in [0, 0.05) is 5.41 Å². The highest BCUT2D eigenvalue weighted by molar-refractivity contribution is 4.77. The van der Waals surface area contributed by atoms with Crippen LogP contribution in [0.2, 0.25) is 0 Å². The van der Waals surface area contributed by atoms with E-state index in [4.69, 9.17) is 20.4 Å². The van der Waals surface area contributed by atoms with Gasteiger partial charge in [0.15, 0.2) is 0 Å². The maximum atomic E-state index is 8.96. The number of aliphatic hydroxyl groups is 4. The van der Waals surface area contributed by atoms with Gasteiger partial charge >= 0.3 is 0 Å². The molecule has 0 aliphatic heterocycles. The Bertz CT molecular complexity index is 101. The van der Waals surface area contributed by atoms with Gasteiger partial charge in [-0.15, -0.1) is 0 Å². The molecule has 4 N–H and O–H groups in total. The summed E-state index contributed by atoms with van der Waals surface area (Å²) in [6.45, 7) is 0.864. The minimum absolute atomic E-state index is 0.257. The van der Waals surface area contributed by atoms with E-state index < -0.39 is 11.5 Å². The van der Waals surface area contributed by atoms with Crippen molar-refractivity contribution in [2.45, 2.75) is 25.9 Å². The van der Waals surface area contributed by atoms with Crippen LogP contribution in [0.5, 0.6) is 0 Å². The van der Waals surface area contributed by atoms with E-state index in [2.05, 4.69) is 0 Å². The van der Waals surface area contributed by atoms with Crippen molar-refractivity contribution in [3.63, 3.8) is 0 Å². The van der Waals surface area contributed by atoms with E-state index in [1.165, 1.54) is 0 Å². The molecule has 1 atom stereocenters. The quantitative estimate of drug-likeness (QED) is 0.425. The highest BCUT2D eigenvalue weighted by Crippen LogP contribution is 2.22. The molecule has 74 valence electrons. The maximum absolute atomic E-state index is 8.96. The normalized spacial score (nSPS) is 14.8. The molecule has 4 heteroatoms. The van der Waals surface area contributed by atoms with E-state index in [0.29, 0.717) is 12.8 Å². The van der Waals surface area contributed by atoms with Crippen LogP contribution >= 0.6 is 0 Å². The Morgan fingerprint density at radius 3 is 1.75 bits per heavy atom. The van der Waals surface area contributed by atoms with Crippen molar-refractivity contribution in [3.05, 3.63) is 0 Å². The maximum Gasteiger partial charge on any atom is 0.0531 e. The lowest BCUT2D eigenvalue weighted by atomic mass is 9.85. The molecule has 0 aliphatic carbocycles. The first-order chi connectivity index (χ1) is 5.60. The lowest BCUT2D eigenvalue weighted by molar-refractivity contribution is -0.00897. The highest BCUT2D eigenvalue weighted by Gasteiger charge is 2.27. The molecule has 0 fully saturated rings. The van der Waals surface area contributed by atoms with Gasteiger partial charge in [-0.05, 0) is 19.8 Å². The van der Waals surface area contributed by atoms with Gasteiger partial charge in [0.1, 0.15) is 0 Å². The third-order valence-corrected chi connectivity index (χ3v) is 2.10. The minimum Gasteiger partial charge on any atom is -0.396 e. The Morgan fingerprint density at radius 2 is 1.50 bits per heavy atom. The lowest BCUT2D eigenvalue weighted by Crippen LogP contribution is -2.34. The fraction of sp³-hybridized carbons (Fsp3) is 1.00. The standard InChI is InChI=1S/C8H18O4/c1-7(12)2-3-8(4-9,5-10)6-11/h7,9-12H,2-6H2,1H3. The van der Waals surface area contributed by atoms with E-state index in [1.807, 2.05) is 0 Å². The van der Waals surface area contributed by atoms with Gasteiger partial charge in [0.25, 0.3) is 0 Å². The van der Waals surface area contributed by atoms with Crippen molar-refractivity contribution in [2.24, 2.45) is 5.41 Å². The van der Waals surface area contributed by atoms with E-state index >= 15 is 0 Å². The third-order valence-electron chi connectivity index (χ3n) is 2.10. The predicted molar refractivity (Wildman–Crippen MR) is 44.6 cm³/mol. The van der Waals surface area contributed by atoms with Crippen LogP contribution in [0.3, 0.4) is 0 Å². The summed E-state index contributed by atoms with van der Waals surface area (Å²) in [5.74, 6) is 0. The van der Waals surface area contributed by atoms with Crippen molar-refractivity contribution in [1.82, 2.24) is 0 Å². The summed E-state index contributed by atoms with van der Waals surface area (Å²) in [7, 11) is 0. The highest BCUT2D eigenvalue weighted by atomic mass is 16.3. The molecule has 0 aliphatic rings. The first-order valence-corrected chi connectivity index (χ1v) is 4.11. The van der Waals surface area contributed by atoms with Gasteiger partial charge < -0.3 is 20.4 Å². The Kier molecular flexibility index (Phi) is 5.41. The van der Waals surface area contributed by atoms with Crippen LogP contribution in [0.15, 0.2) is 0 Å². The summed E-state index contributed by atoms with van der Waals surface area (Å²) in [5.41, 5.74) is -0.836. The smallest absolute Gasteiger partial charge is 0.0531 e. The molecule has 0 rings (SSSR count). The fourth-order valence-corrected chi connectivity index (χ4v) is 0.902. The van der Waals surface area contributed by atoms with Crippen LogP contribution in [-0.4, -0.2) is 46.4 Å². The van der Waals surface area contributed by atoms with E-state index in [0.717, 1.165) is 0 Å². The Morgan fingerprint density at radius 1 is 1.08 bits per heavy atom. The summed E-state index contributed by atoms with van der Waals surface area (Å²) in [4.78, 5) is 0. The molecule has 0 saturated heterocycles. The van der Waals surface area contributed by atoms with Crippen molar-refractivity contribution < 1.29 is 20.4 Å². The lowest BCUT2D eigenvalue weighted by Gasteiger charge is -2.27. The van der Waals surface area contributed by atoms with Crippen molar-refractivity contribution in [2.75, 3.05) is 19.8 Å². The van der Waals surface area contributed by atoms with Gasteiger partial charge in [-0.25, -0.2) is 0 Å². The largest absolute Gasteiger partial charge is 0.396 e. The molecule has 0 aromatic carbocycles. The Labute approximate surface area is 72.5 Å². The number of hydrogen-bond donors (Lipinski definition) is 4. The second kappa shape index (κ2) is 5.48. The van der Waals surface area contributed by atoms with Crippen LogP contribution in [0.4, 0.5) is 0 Å². The Hall–Kier alpha value is -0.160. The van der Waals surface area contributed by atoms with Gasteiger partial charge in [0.05, 0.1) is 25.9 Å². The Balaban J connectivity index is 3.93. The summed E-state index contributed by atoms with van der Waals surface area (Å²) in [6.07, 6.45) is 0.435. The molecule has 0 aromatic heterocycles. The minimum atomic E-state index is -0.836. The van der Waals surface area contributed by atoms with Gasteiger partial charge in [-0.1, -0.05) is 0 Å². The summed E-state index contributed by atoms with van der Waals surface area (Å²) in [6, 6.07) is 0. The molecule has 0 saturated carbocycles. The van der Waals surface area contributed by atoms with Crippen LogP contribution in [0.1, 0.15) is 19.8 Å². The monoisotopic (exact) mass is 178 g/mol. The van der Waals surface area contributed by atoms with Gasteiger partial charge in [0.2, 0.25) is 0 Å². The molecule has 4 nitrogen and oxygen atoms in total. The zero-order valence-electron chi connectivity index (χ0n) is 7.40. The van der Waals surface area contributed by atoms with Crippen molar-refractivity contribution in [3.8, 4) is 0 Å². The summed E-state index contributed by atoms with van der Waals surface area (Å²) < 4.78 is 0. The molecule has 0 radical (unpaired) electrons. The van der Waals surface area contributed by atoms with Gasteiger partial charge in [-0.2, -0.15) is 0 Å². The van der Waals surface area contributed by atoms with Crippen LogP contribution in [0.25, 0.3) is 0 Å². The SMILES string of the molecule is CC(O)CCC(CO)(CO)CO. The first kappa shape index (κ1) is 11.8. The molecule has 0 spiro atoms. The average Bonchev–Trinajstić information content (AvgIpc) is 2.08. The zero-order chi connectivity index (χ0) is 9.61. The first-order valence-electron chi connectivity index (χ1n) is 4.11. The van der Waals surface area contributed by atoms with Crippen LogP contribution in [-0.2, 0) is 0 Å². The zero-order valence-corrected chi connectivity index (χ0v) is 7.40. The summed E-state index contributed by atoms with van der Waals surface area (Å²) in [5, 5.41) is 35.6. The van der Waals surface area contributed by atoms with E-state index in [-0.39, 0.29) is 19.8 Å². The molecular formula is C8H18O4. The molecule has 12 heavy (non-hydrogen) atoms. The molecule has 1 unspecified atom stereocenters. The number of aliphatic hydroxyl groups excluding tert-OH is 4. The second-order valence-electron chi connectivity index (χ2n) is 3.36. The summed E-state index contributed by atoms with van der Waals surface area (Å²) >= 11 is 0. The van der Waals surface area contributed by atoms with Crippen LogP contribution in [0, 0.1) is 5.41 Å². The van der Waals surface area contributed by atoms with E-state index in [1.54, 1.807) is 6.92 Å². The molecule has 0 heterocycles. The van der Waals surface area contributed by atoms with Crippen LogP contribution < -0.4 is 0 Å². The average molecular weight is 178 g/mol. The molecule has 0 amide bonds. The topological polar surface area (TPSA) is 80.9 Å². The third kappa shape index (κ3) is 3.49. The van der Waals surface area contributed by atoms with Gasteiger partial charge in [-0.3, -0.25) is 0 Å².